The largest absolute Gasteiger partial charge is 0.444 e. The molecule has 3 aromatic rings. The van der Waals surface area contributed by atoms with Crippen molar-refractivity contribution in [3.8, 4) is 0 Å². The SMILES string of the molecule is CCC(C)C(NC(=O)OC(C)(C)C)C(=O)N(CCO)C(C(=O)Nc1ccc2ccccc2c1)c1cccc(C)c1. The number of rotatable bonds is 10. The van der Waals surface area contributed by atoms with Gasteiger partial charge < -0.3 is 25.4 Å². The van der Waals surface area contributed by atoms with Gasteiger partial charge in [-0.3, -0.25) is 9.59 Å². The number of nitrogens with one attached hydrogen (secondary N) is 2. The number of anilines is 1. The van der Waals surface area contributed by atoms with Crippen LogP contribution >= 0.6 is 0 Å². The van der Waals surface area contributed by atoms with Crippen molar-refractivity contribution in [3.63, 3.8) is 0 Å². The van der Waals surface area contributed by atoms with Crippen LogP contribution in [0, 0.1) is 12.8 Å². The van der Waals surface area contributed by atoms with Crippen LogP contribution in [0.4, 0.5) is 10.5 Å². The minimum absolute atomic E-state index is 0.106. The van der Waals surface area contributed by atoms with Crippen LogP contribution < -0.4 is 10.6 Å². The predicted octanol–water partition coefficient (Wildman–Crippen LogP) is 5.59. The number of alkyl carbamates (subject to hydrolysis) is 1. The molecule has 214 valence electrons. The first-order valence-electron chi connectivity index (χ1n) is 13.7. The molecule has 0 aliphatic carbocycles. The maximum atomic E-state index is 14.1. The Bertz CT molecular complexity index is 1330. The minimum Gasteiger partial charge on any atom is -0.444 e. The number of amides is 3. The summed E-state index contributed by atoms with van der Waals surface area (Å²) in [5.74, 6) is -1.17. The third-order valence-corrected chi connectivity index (χ3v) is 6.71. The molecule has 0 aliphatic rings. The number of fused-ring (bicyclic) bond motifs is 1. The summed E-state index contributed by atoms with van der Waals surface area (Å²) in [5, 5.41) is 17.7. The number of aryl methyl sites for hydroxylation is 1. The van der Waals surface area contributed by atoms with Gasteiger partial charge in [-0.15, -0.1) is 0 Å². The summed E-state index contributed by atoms with van der Waals surface area (Å²) >= 11 is 0. The van der Waals surface area contributed by atoms with E-state index in [2.05, 4.69) is 10.6 Å². The Labute approximate surface area is 236 Å². The summed E-state index contributed by atoms with van der Waals surface area (Å²) in [6.07, 6.45) is -0.125. The van der Waals surface area contributed by atoms with Crippen molar-refractivity contribution < 1.29 is 24.2 Å². The second-order valence-electron chi connectivity index (χ2n) is 11.1. The molecule has 0 saturated heterocycles. The van der Waals surface area contributed by atoms with Gasteiger partial charge >= 0.3 is 6.09 Å². The number of hydrogen-bond donors (Lipinski definition) is 3. The molecule has 3 amide bonds. The Morgan fingerprint density at radius 2 is 1.68 bits per heavy atom. The second kappa shape index (κ2) is 13.4. The molecule has 40 heavy (non-hydrogen) atoms. The zero-order chi connectivity index (χ0) is 29.4. The fraction of sp³-hybridized carbons (Fsp3) is 0.406. The van der Waals surface area contributed by atoms with Gasteiger partial charge in [0.05, 0.1) is 6.61 Å². The van der Waals surface area contributed by atoms with E-state index in [1.165, 1.54) is 4.90 Å². The van der Waals surface area contributed by atoms with E-state index in [-0.39, 0.29) is 19.1 Å². The van der Waals surface area contributed by atoms with Crippen LogP contribution in [-0.2, 0) is 14.3 Å². The zero-order valence-corrected chi connectivity index (χ0v) is 24.2. The summed E-state index contributed by atoms with van der Waals surface area (Å²) in [4.78, 5) is 42.1. The molecule has 3 N–H and O–H groups in total. The molecule has 3 unspecified atom stereocenters. The highest BCUT2D eigenvalue weighted by atomic mass is 16.6. The van der Waals surface area contributed by atoms with Crippen molar-refractivity contribution in [2.45, 2.75) is 65.6 Å². The van der Waals surface area contributed by atoms with Gasteiger partial charge in [0.15, 0.2) is 0 Å². The van der Waals surface area contributed by atoms with E-state index >= 15 is 0 Å². The highest BCUT2D eigenvalue weighted by Gasteiger charge is 2.38. The van der Waals surface area contributed by atoms with Gasteiger partial charge in [-0.25, -0.2) is 4.79 Å². The van der Waals surface area contributed by atoms with E-state index in [0.717, 1.165) is 16.3 Å². The van der Waals surface area contributed by atoms with Crippen LogP contribution in [0.1, 0.15) is 58.2 Å². The minimum atomic E-state index is -1.06. The van der Waals surface area contributed by atoms with Gasteiger partial charge in [0.1, 0.15) is 17.7 Å². The van der Waals surface area contributed by atoms with E-state index in [0.29, 0.717) is 17.7 Å². The molecule has 0 heterocycles. The van der Waals surface area contributed by atoms with Crippen molar-refractivity contribution in [1.82, 2.24) is 10.2 Å². The molecule has 3 rings (SSSR count). The van der Waals surface area contributed by atoms with Crippen molar-refractivity contribution >= 4 is 34.4 Å². The van der Waals surface area contributed by atoms with Crippen molar-refractivity contribution in [1.29, 1.82) is 0 Å². The third-order valence-electron chi connectivity index (χ3n) is 6.71. The Morgan fingerprint density at radius 1 is 0.975 bits per heavy atom. The fourth-order valence-electron chi connectivity index (χ4n) is 4.56. The molecule has 0 bridgehead atoms. The molecule has 0 aromatic heterocycles. The number of carbonyl (C=O) groups is 3. The molecule has 8 nitrogen and oxygen atoms in total. The van der Waals surface area contributed by atoms with Crippen LogP contribution in [0.3, 0.4) is 0 Å². The van der Waals surface area contributed by atoms with Crippen molar-refractivity contribution in [3.05, 3.63) is 77.9 Å². The smallest absolute Gasteiger partial charge is 0.408 e. The van der Waals surface area contributed by atoms with E-state index in [1.807, 2.05) is 81.4 Å². The van der Waals surface area contributed by atoms with Crippen LogP contribution in [0.2, 0.25) is 0 Å². The number of carbonyl (C=O) groups excluding carboxylic acids is 3. The maximum Gasteiger partial charge on any atom is 0.408 e. The predicted molar refractivity (Wildman–Crippen MR) is 158 cm³/mol. The molecule has 3 atom stereocenters. The Hall–Kier alpha value is -3.91. The van der Waals surface area contributed by atoms with Gasteiger partial charge in [0.2, 0.25) is 5.91 Å². The van der Waals surface area contributed by atoms with Gasteiger partial charge in [-0.2, -0.15) is 0 Å². The van der Waals surface area contributed by atoms with E-state index < -0.39 is 35.6 Å². The summed E-state index contributed by atoms with van der Waals surface area (Å²) in [7, 11) is 0. The lowest BCUT2D eigenvalue weighted by molar-refractivity contribution is -0.142. The van der Waals surface area contributed by atoms with Crippen molar-refractivity contribution in [2.75, 3.05) is 18.5 Å². The van der Waals surface area contributed by atoms with Crippen molar-refractivity contribution in [2.24, 2.45) is 5.92 Å². The monoisotopic (exact) mass is 547 g/mol. The molecular weight excluding hydrogens is 506 g/mol. The lowest BCUT2D eigenvalue weighted by Gasteiger charge is -2.35. The Morgan fingerprint density at radius 3 is 2.30 bits per heavy atom. The maximum absolute atomic E-state index is 14.1. The van der Waals surface area contributed by atoms with E-state index in [9.17, 15) is 19.5 Å². The summed E-state index contributed by atoms with van der Waals surface area (Å²) < 4.78 is 5.43. The topological polar surface area (TPSA) is 108 Å². The quantitative estimate of drug-likeness (QED) is 0.307. The standard InChI is InChI=1S/C32H41N3O5/c1-7-22(3)27(34-31(39)40-32(4,5)6)30(38)35(17-18-36)28(25-14-10-11-21(2)19-25)29(37)33-26-16-15-23-12-8-9-13-24(23)20-26/h8-16,19-20,22,27-28,36H,7,17-18H2,1-6H3,(H,33,37)(H,34,39). The van der Waals surface area contributed by atoms with Gasteiger partial charge in [0, 0.05) is 12.2 Å². The number of ether oxygens (including phenoxy) is 1. The molecule has 3 aromatic carbocycles. The summed E-state index contributed by atoms with van der Waals surface area (Å²) in [5.41, 5.74) is 1.35. The summed E-state index contributed by atoms with van der Waals surface area (Å²) in [6.45, 7) is 10.5. The number of nitrogens with zero attached hydrogens (tertiary/aromatic N) is 1. The third kappa shape index (κ3) is 8.05. The van der Waals surface area contributed by atoms with Crippen LogP contribution in [0.25, 0.3) is 10.8 Å². The summed E-state index contributed by atoms with van der Waals surface area (Å²) in [6, 6.07) is 18.8. The lowest BCUT2D eigenvalue weighted by atomic mass is 9.95. The molecular formula is C32H41N3O5. The van der Waals surface area contributed by atoms with Crippen LogP contribution in [0.5, 0.6) is 0 Å². The first-order valence-corrected chi connectivity index (χ1v) is 13.7. The second-order valence-corrected chi connectivity index (χ2v) is 11.1. The number of hydrogen-bond acceptors (Lipinski definition) is 5. The van der Waals surface area contributed by atoms with Gasteiger partial charge in [-0.1, -0.05) is 80.4 Å². The number of aliphatic hydroxyl groups is 1. The van der Waals surface area contributed by atoms with E-state index in [4.69, 9.17) is 4.74 Å². The molecule has 0 saturated carbocycles. The average molecular weight is 548 g/mol. The van der Waals surface area contributed by atoms with Gasteiger partial charge in [-0.05, 0) is 62.1 Å². The highest BCUT2D eigenvalue weighted by Crippen LogP contribution is 2.27. The number of aliphatic hydroxyl groups excluding tert-OH is 1. The lowest BCUT2D eigenvalue weighted by Crippen LogP contribution is -2.55. The Kier molecular flexibility index (Phi) is 10.3. The molecule has 0 fully saturated rings. The zero-order valence-electron chi connectivity index (χ0n) is 24.2. The first kappa shape index (κ1) is 30.6. The highest BCUT2D eigenvalue weighted by molar-refractivity contribution is 6.00. The molecule has 0 aliphatic heterocycles. The molecule has 8 heteroatoms. The first-order chi connectivity index (χ1) is 18.9. The van der Waals surface area contributed by atoms with Crippen LogP contribution in [0.15, 0.2) is 66.7 Å². The molecule has 0 spiro atoms. The molecule has 0 radical (unpaired) electrons. The fourth-order valence-corrected chi connectivity index (χ4v) is 4.56. The van der Waals surface area contributed by atoms with Gasteiger partial charge in [0.25, 0.3) is 5.91 Å². The van der Waals surface area contributed by atoms with E-state index in [1.54, 1.807) is 26.8 Å². The Balaban J connectivity index is 2.01. The normalized spacial score (nSPS) is 13.7. The number of benzene rings is 3. The average Bonchev–Trinajstić information content (AvgIpc) is 2.89. The van der Waals surface area contributed by atoms with Crippen LogP contribution in [-0.4, -0.2) is 52.7 Å².